The molecule has 1 aliphatic carbocycles. The summed E-state index contributed by atoms with van der Waals surface area (Å²) < 4.78 is 11.8. The second kappa shape index (κ2) is 7.09. The highest BCUT2D eigenvalue weighted by Gasteiger charge is 2.30. The van der Waals surface area contributed by atoms with Gasteiger partial charge in [0.05, 0.1) is 7.11 Å². The molecule has 0 radical (unpaired) electrons. The number of phenolic OH excluding ortho intramolecular Hbond substituents is 2. The molecule has 3 aromatic carbocycles. The number of ether oxygens (including phenoxy) is 2. The largest absolute Gasteiger partial charge is 0.508 e. The van der Waals surface area contributed by atoms with E-state index in [9.17, 15) is 10.2 Å². The molecule has 0 atom stereocenters. The molecular formula is C27H26O4. The Hall–Kier alpha value is -3.40. The maximum Gasteiger partial charge on any atom is 0.128 e. The Kier molecular flexibility index (Phi) is 4.47. The van der Waals surface area contributed by atoms with E-state index in [1.54, 1.807) is 25.3 Å². The van der Waals surface area contributed by atoms with Crippen LogP contribution in [0.5, 0.6) is 23.0 Å². The fourth-order valence-corrected chi connectivity index (χ4v) is 4.78. The van der Waals surface area contributed by atoms with Gasteiger partial charge in [-0.05, 0) is 73.2 Å². The van der Waals surface area contributed by atoms with Crippen LogP contribution in [-0.2, 0) is 19.3 Å². The topological polar surface area (TPSA) is 58.9 Å². The normalized spacial score (nSPS) is 15.5. The van der Waals surface area contributed by atoms with Crippen LogP contribution in [0, 0.1) is 0 Å². The van der Waals surface area contributed by atoms with Crippen LogP contribution in [0.3, 0.4) is 0 Å². The van der Waals surface area contributed by atoms with Crippen molar-refractivity contribution >= 4 is 6.08 Å². The first kappa shape index (κ1) is 19.6. The predicted molar refractivity (Wildman–Crippen MR) is 122 cm³/mol. The van der Waals surface area contributed by atoms with Gasteiger partial charge in [0.2, 0.25) is 0 Å². The van der Waals surface area contributed by atoms with Gasteiger partial charge >= 0.3 is 0 Å². The van der Waals surface area contributed by atoms with Crippen LogP contribution in [0.25, 0.3) is 17.2 Å². The van der Waals surface area contributed by atoms with Crippen molar-refractivity contribution in [2.75, 3.05) is 7.11 Å². The molecule has 4 heteroatoms. The highest BCUT2D eigenvalue weighted by molar-refractivity contribution is 5.85. The van der Waals surface area contributed by atoms with E-state index in [0.29, 0.717) is 12.2 Å². The SMILES string of the molecule is COc1cc(O)c2c(c1Cc1ccc(O)cc1)CCc1c-2ccc2c1C=CC(C)(C)O2. The quantitative estimate of drug-likeness (QED) is 0.582. The zero-order valence-electron chi connectivity index (χ0n) is 18.0. The van der Waals surface area contributed by atoms with Crippen LogP contribution in [-0.4, -0.2) is 22.9 Å². The molecule has 0 unspecified atom stereocenters. The van der Waals surface area contributed by atoms with Crippen LogP contribution in [0.2, 0.25) is 0 Å². The monoisotopic (exact) mass is 414 g/mol. The molecule has 0 fully saturated rings. The minimum Gasteiger partial charge on any atom is -0.508 e. The minimum absolute atomic E-state index is 0.239. The van der Waals surface area contributed by atoms with Crippen LogP contribution >= 0.6 is 0 Å². The molecule has 0 aromatic heterocycles. The van der Waals surface area contributed by atoms with Crippen LogP contribution in [0.1, 0.15) is 41.7 Å². The Morgan fingerprint density at radius 3 is 2.48 bits per heavy atom. The van der Waals surface area contributed by atoms with Gasteiger partial charge in [-0.15, -0.1) is 0 Å². The molecule has 1 heterocycles. The van der Waals surface area contributed by atoms with Crippen molar-refractivity contribution in [3.63, 3.8) is 0 Å². The van der Waals surface area contributed by atoms with Gasteiger partial charge in [0.1, 0.15) is 28.6 Å². The van der Waals surface area contributed by atoms with E-state index < -0.39 is 0 Å². The lowest BCUT2D eigenvalue weighted by Crippen LogP contribution is -2.28. The smallest absolute Gasteiger partial charge is 0.128 e. The lowest BCUT2D eigenvalue weighted by Gasteiger charge is -2.32. The molecule has 1 aliphatic heterocycles. The Balaban J connectivity index is 1.66. The van der Waals surface area contributed by atoms with Gasteiger partial charge in [0.25, 0.3) is 0 Å². The molecule has 0 spiro atoms. The summed E-state index contributed by atoms with van der Waals surface area (Å²) in [6, 6.07) is 13.0. The third-order valence-electron chi connectivity index (χ3n) is 6.26. The van der Waals surface area contributed by atoms with Gasteiger partial charge < -0.3 is 19.7 Å². The maximum absolute atomic E-state index is 11.0. The first-order valence-corrected chi connectivity index (χ1v) is 10.6. The Morgan fingerprint density at radius 2 is 1.74 bits per heavy atom. The number of phenols is 2. The summed E-state index contributed by atoms with van der Waals surface area (Å²) in [5.41, 5.74) is 7.23. The average molecular weight is 415 g/mol. The fourth-order valence-electron chi connectivity index (χ4n) is 4.78. The summed E-state index contributed by atoms with van der Waals surface area (Å²) in [4.78, 5) is 0. The van der Waals surface area contributed by atoms with E-state index in [-0.39, 0.29) is 17.1 Å². The first-order valence-electron chi connectivity index (χ1n) is 10.6. The van der Waals surface area contributed by atoms with Crippen LogP contribution in [0.4, 0.5) is 0 Å². The second-order valence-electron chi connectivity index (χ2n) is 8.82. The van der Waals surface area contributed by atoms with Gasteiger partial charge in [0.15, 0.2) is 0 Å². The second-order valence-corrected chi connectivity index (χ2v) is 8.82. The number of aromatic hydroxyl groups is 2. The molecular weight excluding hydrogens is 388 g/mol. The number of methoxy groups -OCH3 is 1. The summed E-state index contributed by atoms with van der Waals surface area (Å²) >= 11 is 0. The molecule has 3 aromatic rings. The maximum atomic E-state index is 11.0. The van der Waals surface area contributed by atoms with Crippen molar-refractivity contribution in [2.24, 2.45) is 0 Å². The van der Waals surface area contributed by atoms with Crippen LogP contribution < -0.4 is 9.47 Å². The molecule has 0 saturated heterocycles. The van der Waals surface area contributed by atoms with Crippen molar-refractivity contribution in [3.8, 4) is 34.1 Å². The summed E-state index contributed by atoms with van der Waals surface area (Å²) in [5, 5.41) is 20.6. The summed E-state index contributed by atoms with van der Waals surface area (Å²) in [5.74, 6) is 2.08. The fraction of sp³-hybridized carbons (Fsp3) is 0.259. The van der Waals surface area contributed by atoms with Crippen molar-refractivity contribution in [1.29, 1.82) is 0 Å². The zero-order chi connectivity index (χ0) is 21.8. The van der Waals surface area contributed by atoms with Crippen LogP contribution in [0.15, 0.2) is 48.5 Å². The highest BCUT2D eigenvalue weighted by atomic mass is 16.5. The van der Waals surface area contributed by atoms with Gasteiger partial charge in [-0.2, -0.15) is 0 Å². The summed E-state index contributed by atoms with van der Waals surface area (Å²) in [6.07, 6.45) is 6.60. The number of fused-ring (bicyclic) bond motifs is 5. The van der Waals surface area contributed by atoms with Crippen molar-refractivity contribution in [2.45, 2.75) is 38.7 Å². The Bertz CT molecular complexity index is 1200. The molecule has 0 saturated carbocycles. The van der Waals surface area contributed by atoms with Gasteiger partial charge in [0, 0.05) is 29.2 Å². The van der Waals surface area contributed by atoms with Crippen molar-refractivity contribution in [3.05, 3.63) is 76.4 Å². The average Bonchev–Trinajstić information content (AvgIpc) is 2.75. The molecule has 5 rings (SSSR count). The molecule has 31 heavy (non-hydrogen) atoms. The third kappa shape index (κ3) is 3.32. The first-order chi connectivity index (χ1) is 14.9. The summed E-state index contributed by atoms with van der Waals surface area (Å²) in [6.45, 7) is 4.10. The molecule has 0 bridgehead atoms. The standard InChI is InChI=1S/C27H26O4/c1-27(2)13-12-19-18-8-9-21-22(14-16-4-6-17(28)7-5-16)25(30-3)15-23(29)26(21)20(18)10-11-24(19)31-27/h4-7,10-13,15,28-29H,8-9,14H2,1-3H3. The van der Waals surface area contributed by atoms with Crippen molar-refractivity contribution in [1.82, 2.24) is 0 Å². The number of rotatable bonds is 3. The molecule has 0 amide bonds. The zero-order valence-corrected chi connectivity index (χ0v) is 18.0. The Morgan fingerprint density at radius 1 is 1.00 bits per heavy atom. The van der Waals surface area contributed by atoms with E-state index >= 15 is 0 Å². The van der Waals surface area contributed by atoms with E-state index in [4.69, 9.17) is 9.47 Å². The highest BCUT2D eigenvalue weighted by Crippen LogP contribution is 2.48. The van der Waals surface area contributed by atoms with Gasteiger partial charge in [-0.25, -0.2) is 0 Å². The van der Waals surface area contributed by atoms with E-state index in [0.717, 1.165) is 52.0 Å². The lowest BCUT2D eigenvalue weighted by atomic mass is 9.78. The number of hydrogen-bond donors (Lipinski definition) is 2. The molecule has 2 N–H and O–H groups in total. The van der Waals surface area contributed by atoms with E-state index in [1.807, 2.05) is 18.2 Å². The van der Waals surface area contributed by atoms with E-state index in [1.165, 1.54) is 5.56 Å². The van der Waals surface area contributed by atoms with E-state index in [2.05, 4.69) is 32.1 Å². The van der Waals surface area contributed by atoms with Gasteiger partial charge in [-0.3, -0.25) is 0 Å². The van der Waals surface area contributed by atoms with Gasteiger partial charge in [-0.1, -0.05) is 24.3 Å². The number of hydrogen-bond acceptors (Lipinski definition) is 4. The lowest BCUT2D eigenvalue weighted by molar-refractivity contribution is 0.159. The molecule has 2 aliphatic rings. The molecule has 158 valence electrons. The van der Waals surface area contributed by atoms with Crippen molar-refractivity contribution < 1.29 is 19.7 Å². The Labute approximate surface area is 182 Å². The predicted octanol–water partition coefficient (Wildman–Crippen LogP) is 5.65. The minimum atomic E-state index is -0.319. The summed E-state index contributed by atoms with van der Waals surface area (Å²) in [7, 11) is 1.64. The number of benzene rings is 3. The molecule has 4 nitrogen and oxygen atoms in total. The third-order valence-corrected chi connectivity index (χ3v) is 6.26.